The average molecular weight is 477 g/mol. The van der Waals surface area contributed by atoms with E-state index in [4.69, 9.17) is 38.9 Å². The molecule has 0 unspecified atom stereocenters. The normalized spacial score (nSPS) is 11.5. The number of hydrogen-bond acceptors (Lipinski definition) is 4. The van der Waals surface area contributed by atoms with Crippen LogP contribution in [0.15, 0.2) is 60.7 Å². The van der Waals surface area contributed by atoms with Crippen LogP contribution in [0.1, 0.15) is 13.8 Å². The molecule has 0 bridgehead atoms. The Balaban J connectivity index is 1.73. The maximum atomic E-state index is 6.48. The molecule has 0 radical (unpaired) electrons. The molecule has 0 spiro atoms. The Morgan fingerprint density at radius 1 is 0.909 bits per heavy atom. The third-order valence-corrected chi connectivity index (χ3v) is 6.01. The molecule has 3 aromatic heterocycles. The van der Waals surface area contributed by atoms with Gasteiger partial charge in [-0.1, -0.05) is 73.4 Å². The number of pyridine rings is 1. The summed E-state index contributed by atoms with van der Waals surface area (Å²) in [6.07, 6.45) is 0. The first kappa shape index (κ1) is 21.5. The van der Waals surface area contributed by atoms with Gasteiger partial charge in [-0.05, 0) is 30.2 Å². The lowest BCUT2D eigenvalue weighted by atomic mass is 10.1. The average Bonchev–Trinajstić information content (AvgIpc) is 3.35. The minimum Gasteiger partial charge on any atom is -0.369 e. The summed E-state index contributed by atoms with van der Waals surface area (Å²) in [7, 11) is 0. The summed E-state index contributed by atoms with van der Waals surface area (Å²) in [5, 5.41) is 1.04. The van der Waals surface area contributed by atoms with Crippen molar-refractivity contribution in [3.05, 3.63) is 70.7 Å². The number of hydrogen-bond donors (Lipinski definition) is 2. The van der Waals surface area contributed by atoms with Gasteiger partial charge in [0.05, 0.1) is 32.7 Å². The van der Waals surface area contributed by atoms with E-state index in [2.05, 4.69) is 23.8 Å². The Labute approximate surface area is 201 Å². The summed E-state index contributed by atoms with van der Waals surface area (Å²) in [5.74, 6) is 1.44. The lowest BCUT2D eigenvalue weighted by Gasteiger charge is -2.09. The predicted octanol–water partition coefficient (Wildman–Crippen LogP) is 6.70. The van der Waals surface area contributed by atoms with Crippen molar-refractivity contribution in [3.8, 4) is 34.0 Å². The number of rotatable bonds is 5. The van der Waals surface area contributed by atoms with Crippen molar-refractivity contribution in [1.82, 2.24) is 24.5 Å². The van der Waals surface area contributed by atoms with Crippen LogP contribution >= 0.6 is 23.2 Å². The van der Waals surface area contributed by atoms with Crippen LogP contribution in [0.25, 0.3) is 45.2 Å². The van der Waals surface area contributed by atoms with Crippen LogP contribution in [0.4, 0.5) is 5.95 Å². The fourth-order valence-corrected chi connectivity index (χ4v) is 4.49. The summed E-state index contributed by atoms with van der Waals surface area (Å²) >= 11 is 13.0. The lowest BCUT2D eigenvalue weighted by molar-refractivity contribution is 0.535. The van der Waals surface area contributed by atoms with Crippen molar-refractivity contribution < 1.29 is 0 Å². The van der Waals surface area contributed by atoms with Gasteiger partial charge in [-0.3, -0.25) is 4.57 Å². The number of aromatic nitrogens is 5. The first-order valence-corrected chi connectivity index (χ1v) is 11.4. The molecular weight excluding hydrogens is 455 g/mol. The maximum Gasteiger partial charge on any atom is 0.202 e. The van der Waals surface area contributed by atoms with Crippen LogP contribution in [0, 0.1) is 5.92 Å². The van der Waals surface area contributed by atoms with Crippen LogP contribution in [-0.2, 0) is 6.54 Å². The van der Waals surface area contributed by atoms with Crippen molar-refractivity contribution in [2.24, 2.45) is 5.92 Å². The smallest absolute Gasteiger partial charge is 0.202 e. The number of anilines is 1. The first-order chi connectivity index (χ1) is 15.9. The fourth-order valence-electron chi connectivity index (χ4n) is 3.91. The monoisotopic (exact) mass is 476 g/mol. The Kier molecular flexibility index (Phi) is 5.56. The third-order valence-electron chi connectivity index (χ3n) is 5.38. The van der Waals surface area contributed by atoms with Gasteiger partial charge in [0.15, 0.2) is 5.65 Å². The lowest BCUT2D eigenvalue weighted by Crippen LogP contribution is -2.08. The number of imidazole rings is 2. The van der Waals surface area contributed by atoms with Gasteiger partial charge in [-0.25, -0.2) is 15.0 Å². The largest absolute Gasteiger partial charge is 0.369 e. The molecule has 0 aliphatic rings. The molecule has 5 aromatic rings. The molecule has 0 saturated carbocycles. The number of nitrogens with two attached hydrogens (primary N) is 1. The zero-order valence-corrected chi connectivity index (χ0v) is 19.7. The number of nitrogens with zero attached hydrogens (tertiary/aromatic N) is 4. The Morgan fingerprint density at radius 2 is 1.64 bits per heavy atom. The number of halogens is 2. The standard InChI is InChI=1S/C25H22Cl2N6/c1-14(2)13-33-24-19(30-25(33)28)12-11-18(29-24)22-21(15-7-4-3-5-8-15)31-23(32-22)20-16(26)9-6-10-17(20)27/h3-12,14H,13H2,1-2H3,(H2,28,30)(H,31,32). The Bertz CT molecular complexity index is 1430. The van der Waals surface area contributed by atoms with E-state index in [1.807, 2.05) is 53.1 Å². The summed E-state index contributed by atoms with van der Waals surface area (Å²) in [5.41, 5.74) is 11.5. The zero-order valence-electron chi connectivity index (χ0n) is 18.2. The van der Waals surface area contributed by atoms with E-state index in [-0.39, 0.29) is 0 Å². The number of H-pyrrole nitrogens is 1. The highest BCUT2D eigenvalue weighted by molar-refractivity contribution is 6.39. The van der Waals surface area contributed by atoms with E-state index >= 15 is 0 Å². The zero-order chi connectivity index (χ0) is 23.1. The summed E-state index contributed by atoms with van der Waals surface area (Å²) in [4.78, 5) is 17.7. The van der Waals surface area contributed by atoms with Crippen LogP contribution in [0.2, 0.25) is 10.0 Å². The highest BCUT2D eigenvalue weighted by atomic mass is 35.5. The molecule has 3 N–H and O–H groups in total. The molecule has 166 valence electrons. The van der Waals surface area contributed by atoms with Crippen LogP contribution in [-0.4, -0.2) is 24.5 Å². The topological polar surface area (TPSA) is 85.4 Å². The van der Waals surface area contributed by atoms with Gasteiger partial charge in [0.25, 0.3) is 0 Å². The molecule has 0 atom stereocenters. The van der Waals surface area contributed by atoms with Gasteiger partial charge in [-0.15, -0.1) is 0 Å². The second kappa shape index (κ2) is 8.54. The van der Waals surface area contributed by atoms with E-state index in [1.165, 1.54) is 0 Å². The minimum absolute atomic E-state index is 0.399. The maximum absolute atomic E-state index is 6.48. The van der Waals surface area contributed by atoms with E-state index in [0.29, 0.717) is 33.3 Å². The van der Waals surface area contributed by atoms with E-state index in [0.717, 1.165) is 40.4 Å². The van der Waals surface area contributed by atoms with Gasteiger partial charge in [0.1, 0.15) is 11.3 Å². The Hall–Kier alpha value is -3.35. The van der Waals surface area contributed by atoms with E-state index in [9.17, 15) is 0 Å². The molecule has 2 aromatic carbocycles. The van der Waals surface area contributed by atoms with Crippen molar-refractivity contribution in [2.75, 3.05) is 5.73 Å². The van der Waals surface area contributed by atoms with Gasteiger partial charge in [0, 0.05) is 12.1 Å². The fraction of sp³-hybridized carbons (Fsp3) is 0.160. The van der Waals surface area contributed by atoms with Crippen molar-refractivity contribution >= 4 is 40.3 Å². The van der Waals surface area contributed by atoms with Crippen LogP contribution in [0.3, 0.4) is 0 Å². The molecule has 0 aliphatic carbocycles. The van der Waals surface area contributed by atoms with Crippen molar-refractivity contribution in [2.45, 2.75) is 20.4 Å². The first-order valence-electron chi connectivity index (χ1n) is 10.7. The third kappa shape index (κ3) is 3.96. The molecule has 0 fully saturated rings. The summed E-state index contributed by atoms with van der Waals surface area (Å²) in [6, 6.07) is 19.2. The second-order valence-corrected chi connectivity index (χ2v) is 9.10. The summed E-state index contributed by atoms with van der Waals surface area (Å²) < 4.78 is 1.95. The molecular formula is C25H22Cl2N6. The number of fused-ring (bicyclic) bond motifs is 1. The van der Waals surface area contributed by atoms with Gasteiger partial charge < -0.3 is 10.7 Å². The highest BCUT2D eigenvalue weighted by Crippen LogP contribution is 2.38. The predicted molar refractivity (Wildman–Crippen MR) is 135 cm³/mol. The van der Waals surface area contributed by atoms with Gasteiger partial charge in [0.2, 0.25) is 5.95 Å². The van der Waals surface area contributed by atoms with Gasteiger partial charge in [-0.2, -0.15) is 0 Å². The van der Waals surface area contributed by atoms with E-state index < -0.39 is 0 Å². The minimum atomic E-state index is 0.399. The van der Waals surface area contributed by atoms with Crippen LogP contribution in [0.5, 0.6) is 0 Å². The van der Waals surface area contributed by atoms with Gasteiger partial charge >= 0.3 is 0 Å². The number of aromatic amines is 1. The van der Waals surface area contributed by atoms with Crippen molar-refractivity contribution in [3.63, 3.8) is 0 Å². The number of benzene rings is 2. The SMILES string of the molecule is CC(C)Cn1c(N)nc2ccc(-c3[nH]c(-c4c(Cl)cccc4Cl)nc3-c3ccccc3)nc21. The Morgan fingerprint density at radius 3 is 2.33 bits per heavy atom. The molecule has 8 heteroatoms. The molecule has 5 rings (SSSR count). The summed E-state index contributed by atoms with van der Waals surface area (Å²) in [6.45, 7) is 5.00. The second-order valence-electron chi connectivity index (χ2n) is 8.29. The number of nitrogen functional groups attached to an aromatic ring is 1. The highest BCUT2D eigenvalue weighted by Gasteiger charge is 2.20. The molecule has 0 amide bonds. The molecule has 0 aliphatic heterocycles. The molecule has 3 heterocycles. The van der Waals surface area contributed by atoms with E-state index in [1.54, 1.807) is 12.1 Å². The van der Waals surface area contributed by atoms with Crippen molar-refractivity contribution in [1.29, 1.82) is 0 Å². The molecule has 6 nitrogen and oxygen atoms in total. The molecule has 33 heavy (non-hydrogen) atoms. The van der Waals surface area contributed by atoms with Crippen LogP contribution < -0.4 is 5.73 Å². The molecule has 0 saturated heterocycles. The number of nitrogens with one attached hydrogen (secondary N) is 1. The quantitative estimate of drug-likeness (QED) is 0.295.